The Kier molecular flexibility index (Phi) is 7.42. The molecule has 35 heavy (non-hydrogen) atoms. The number of hydrogen-bond donors (Lipinski definition) is 1. The monoisotopic (exact) mass is 568 g/mol. The number of carbonyl (C=O) groups excluding carboxylic acids is 1. The predicted octanol–water partition coefficient (Wildman–Crippen LogP) is 5.85. The summed E-state index contributed by atoms with van der Waals surface area (Å²) < 4.78 is 148. The van der Waals surface area contributed by atoms with E-state index in [1.165, 1.54) is 0 Å². The molecule has 1 N–H and O–H groups in total. The van der Waals surface area contributed by atoms with Gasteiger partial charge in [-0.05, 0) is 19.1 Å². The Labute approximate surface area is 199 Å². The Morgan fingerprint density at radius 3 is 1.60 bits per heavy atom. The van der Waals surface area contributed by atoms with Gasteiger partial charge in [-0.15, -0.1) is 0 Å². The summed E-state index contributed by atoms with van der Waals surface area (Å²) in [5.74, 6) is -16.5. The van der Waals surface area contributed by atoms with Crippen LogP contribution in [0.1, 0.15) is 32.7 Å². The number of aromatic hydroxyl groups is 1. The molecule has 4 nitrogen and oxygen atoms in total. The molecule has 0 aliphatic carbocycles. The minimum absolute atomic E-state index is 0. The number of benzene rings is 2. The minimum Gasteiger partial charge on any atom is -0.493 e. The standard InChI is InChI=1S/C19H7F11N2O2.Zn/c1-5-8(16(33)9-6(18(25,26)27)3-2-4-7(9)19(28,29)30)17(34)32(31-5)15-13(23)11(21)10(20)12(22)14(15)24;/h2-4,34H,1H3;. The maximum absolute atomic E-state index is 14.1. The van der Waals surface area contributed by atoms with Crippen molar-refractivity contribution in [2.75, 3.05) is 0 Å². The van der Waals surface area contributed by atoms with Gasteiger partial charge in [0.15, 0.2) is 23.3 Å². The van der Waals surface area contributed by atoms with Crippen molar-refractivity contribution in [1.82, 2.24) is 9.78 Å². The number of hydrogen-bond acceptors (Lipinski definition) is 3. The van der Waals surface area contributed by atoms with E-state index in [1.807, 2.05) is 0 Å². The summed E-state index contributed by atoms with van der Waals surface area (Å²) in [7, 11) is 0. The molecule has 0 saturated heterocycles. The number of halogens is 11. The fraction of sp³-hybridized carbons (Fsp3) is 0.158. The maximum Gasteiger partial charge on any atom is 0.417 e. The molecule has 0 radical (unpaired) electrons. The molecule has 0 amide bonds. The van der Waals surface area contributed by atoms with E-state index in [1.54, 1.807) is 0 Å². The number of rotatable bonds is 3. The van der Waals surface area contributed by atoms with E-state index in [0.717, 1.165) is 6.92 Å². The van der Waals surface area contributed by atoms with Crippen molar-refractivity contribution in [3.63, 3.8) is 0 Å². The van der Waals surface area contributed by atoms with Crippen LogP contribution in [0, 0.1) is 36.0 Å². The van der Waals surface area contributed by atoms with Gasteiger partial charge in [0.2, 0.25) is 17.5 Å². The molecule has 16 heteroatoms. The Morgan fingerprint density at radius 2 is 1.20 bits per heavy atom. The van der Waals surface area contributed by atoms with Crippen LogP contribution >= 0.6 is 0 Å². The first-order valence-corrected chi connectivity index (χ1v) is 8.62. The summed E-state index contributed by atoms with van der Waals surface area (Å²) in [6.45, 7) is 0.735. The summed E-state index contributed by atoms with van der Waals surface area (Å²) in [6, 6.07) is 0.653. The Bertz CT molecular complexity index is 1270. The van der Waals surface area contributed by atoms with Crippen LogP contribution in [0.25, 0.3) is 5.69 Å². The van der Waals surface area contributed by atoms with Crippen molar-refractivity contribution >= 4 is 5.78 Å². The van der Waals surface area contributed by atoms with E-state index in [2.05, 4.69) is 5.10 Å². The Hall–Kier alpha value is -3.03. The van der Waals surface area contributed by atoms with E-state index >= 15 is 0 Å². The van der Waals surface area contributed by atoms with Crippen LogP contribution < -0.4 is 0 Å². The number of carbonyl (C=O) groups is 1. The molecule has 0 bridgehead atoms. The zero-order chi connectivity index (χ0) is 25.9. The first-order valence-electron chi connectivity index (χ1n) is 8.62. The summed E-state index contributed by atoms with van der Waals surface area (Å²) in [5, 5.41) is 13.4. The van der Waals surface area contributed by atoms with Gasteiger partial charge in [-0.25, -0.2) is 22.0 Å². The van der Waals surface area contributed by atoms with Crippen molar-refractivity contribution in [1.29, 1.82) is 0 Å². The average molecular weight is 570 g/mol. The molecule has 0 atom stereocenters. The third kappa shape index (κ3) is 4.63. The molecule has 0 aliphatic rings. The first kappa shape index (κ1) is 28.2. The third-order valence-electron chi connectivity index (χ3n) is 4.56. The molecular weight excluding hydrogens is 563 g/mol. The van der Waals surface area contributed by atoms with E-state index < -0.39 is 91.4 Å². The van der Waals surface area contributed by atoms with E-state index in [4.69, 9.17) is 0 Å². The van der Waals surface area contributed by atoms with Gasteiger partial charge in [0.1, 0.15) is 11.3 Å². The molecule has 184 valence electrons. The maximum atomic E-state index is 14.1. The normalized spacial score (nSPS) is 12.0. The number of ketones is 1. The van der Waals surface area contributed by atoms with Gasteiger partial charge in [0.05, 0.1) is 16.8 Å². The molecule has 0 aliphatic heterocycles. The van der Waals surface area contributed by atoms with Gasteiger partial charge < -0.3 is 5.11 Å². The smallest absolute Gasteiger partial charge is 0.417 e. The van der Waals surface area contributed by atoms with Crippen LogP contribution in [0.5, 0.6) is 5.88 Å². The van der Waals surface area contributed by atoms with Gasteiger partial charge >= 0.3 is 12.4 Å². The summed E-state index contributed by atoms with van der Waals surface area (Å²) in [5.41, 5.74) is -10.3. The number of aromatic nitrogens is 2. The topological polar surface area (TPSA) is 55.1 Å². The molecule has 0 fully saturated rings. The van der Waals surface area contributed by atoms with Crippen molar-refractivity contribution in [3.8, 4) is 11.6 Å². The number of nitrogens with zero attached hydrogens (tertiary/aromatic N) is 2. The predicted molar refractivity (Wildman–Crippen MR) is 89.6 cm³/mol. The van der Waals surface area contributed by atoms with Crippen LogP contribution in [-0.4, -0.2) is 20.7 Å². The quantitative estimate of drug-likeness (QED) is 0.142. The average Bonchev–Trinajstić information content (AvgIpc) is 3.02. The van der Waals surface area contributed by atoms with Crippen LogP contribution in [0.15, 0.2) is 18.2 Å². The molecule has 0 unspecified atom stereocenters. The van der Waals surface area contributed by atoms with E-state index in [0.29, 0.717) is 6.07 Å². The number of alkyl halides is 6. The molecule has 0 spiro atoms. The van der Waals surface area contributed by atoms with Crippen molar-refractivity contribution in [3.05, 3.63) is 75.2 Å². The third-order valence-corrected chi connectivity index (χ3v) is 4.56. The van der Waals surface area contributed by atoms with E-state index in [-0.39, 0.29) is 31.6 Å². The van der Waals surface area contributed by atoms with Crippen LogP contribution in [-0.2, 0) is 31.8 Å². The van der Waals surface area contributed by atoms with Gasteiger partial charge in [0.25, 0.3) is 0 Å². The van der Waals surface area contributed by atoms with Crippen molar-refractivity contribution < 1.29 is 77.7 Å². The largest absolute Gasteiger partial charge is 0.493 e. The molecular formula is C19H7F11N2O2Zn. The van der Waals surface area contributed by atoms with Gasteiger partial charge in [0, 0.05) is 25.0 Å². The fourth-order valence-electron chi connectivity index (χ4n) is 3.11. The second-order valence-electron chi connectivity index (χ2n) is 6.67. The molecule has 0 saturated carbocycles. The molecule has 3 rings (SSSR count). The van der Waals surface area contributed by atoms with Crippen molar-refractivity contribution in [2.45, 2.75) is 19.3 Å². The SMILES string of the molecule is Cc1nn(-c2c(F)c(F)c(F)c(F)c2F)c(O)c1C(=O)c1c(C(F)(F)F)cccc1C(F)(F)F.[Zn]. The van der Waals surface area contributed by atoms with E-state index in [9.17, 15) is 58.2 Å². The number of aryl methyl sites for hydroxylation is 1. The Morgan fingerprint density at radius 1 is 0.800 bits per heavy atom. The zero-order valence-corrected chi connectivity index (χ0v) is 19.8. The molecule has 2 aromatic carbocycles. The second kappa shape index (κ2) is 9.21. The second-order valence-corrected chi connectivity index (χ2v) is 6.67. The van der Waals surface area contributed by atoms with Crippen LogP contribution in [0.4, 0.5) is 48.3 Å². The molecule has 1 aromatic heterocycles. The summed E-state index contributed by atoms with van der Waals surface area (Å²) in [4.78, 5) is 12.8. The van der Waals surface area contributed by atoms with Gasteiger partial charge in [-0.3, -0.25) is 4.79 Å². The summed E-state index contributed by atoms with van der Waals surface area (Å²) in [6.07, 6.45) is -11.0. The van der Waals surface area contributed by atoms with Gasteiger partial charge in [-0.2, -0.15) is 36.1 Å². The molecule has 3 aromatic rings. The molecule has 1 heterocycles. The summed E-state index contributed by atoms with van der Waals surface area (Å²) >= 11 is 0. The van der Waals surface area contributed by atoms with Crippen molar-refractivity contribution in [2.24, 2.45) is 0 Å². The zero-order valence-electron chi connectivity index (χ0n) is 16.8. The fourth-order valence-corrected chi connectivity index (χ4v) is 3.11. The van der Waals surface area contributed by atoms with Crippen LogP contribution in [0.2, 0.25) is 0 Å². The minimum atomic E-state index is -5.49. The first-order chi connectivity index (χ1) is 15.5. The van der Waals surface area contributed by atoms with Gasteiger partial charge in [-0.1, -0.05) is 6.07 Å². The Balaban J connectivity index is 0.00000432. The van der Waals surface area contributed by atoms with Crippen LogP contribution in [0.3, 0.4) is 0 Å².